The molecule has 1 saturated carbocycles. The molecule has 0 amide bonds. The van der Waals surface area contributed by atoms with E-state index in [0.717, 1.165) is 0 Å². The number of hydrogen-bond donors (Lipinski definition) is 9. The number of rotatable bonds is 6. The van der Waals surface area contributed by atoms with Crippen LogP contribution in [0.15, 0.2) is 0 Å². The van der Waals surface area contributed by atoms with Gasteiger partial charge in [-0.05, 0) is 12.3 Å². The maximum Gasteiger partial charge on any atom is 0.187 e. The molecule has 31 heavy (non-hydrogen) atoms. The van der Waals surface area contributed by atoms with Crippen molar-refractivity contribution in [3.8, 4) is 0 Å². The minimum atomic E-state index is -1.48. The maximum absolute atomic E-state index is 10.7. The Balaban J connectivity index is 1.78. The Hall–Kier alpha value is -0.520. The van der Waals surface area contributed by atoms with Crippen molar-refractivity contribution in [1.29, 1.82) is 0 Å². The molecule has 3 rings (SSSR count). The van der Waals surface area contributed by atoms with Gasteiger partial charge in [0.05, 0.1) is 25.4 Å². The van der Waals surface area contributed by atoms with Crippen molar-refractivity contribution in [2.24, 2.45) is 17.4 Å². The molecule has 0 aromatic rings. The number of aliphatic hydroxyl groups is 7. The molecular weight excluding hydrogens is 420 g/mol. The zero-order valence-electron chi connectivity index (χ0n) is 17.1. The van der Waals surface area contributed by atoms with Gasteiger partial charge in [-0.15, -0.1) is 0 Å². The minimum Gasteiger partial charge on any atom is -0.394 e. The Morgan fingerprint density at radius 3 is 1.84 bits per heavy atom. The van der Waals surface area contributed by atoms with Gasteiger partial charge in [0.15, 0.2) is 12.6 Å². The predicted octanol–water partition coefficient (Wildman–Crippen LogP) is -5.31. The molecule has 13 heteroatoms. The fourth-order valence-corrected chi connectivity index (χ4v) is 4.31. The van der Waals surface area contributed by atoms with Crippen LogP contribution in [0, 0.1) is 5.92 Å². The summed E-state index contributed by atoms with van der Waals surface area (Å²) in [4.78, 5) is 0. The summed E-state index contributed by atoms with van der Waals surface area (Å²) in [6.45, 7) is 0.609. The summed E-state index contributed by atoms with van der Waals surface area (Å²) in [7, 11) is 0. The van der Waals surface area contributed by atoms with Crippen LogP contribution in [0.25, 0.3) is 0 Å². The summed E-state index contributed by atoms with van der Waals surface area (Å²) >= 11 is 0. The lowest BCUT2D eigenvalue weighted by molar-refractivity contribution is -0.312. The Morgan fingerprint density at radius 2 is 1.26 bits per heavy atom. The van der Waals surface area contributed by atoms with Crippen molar-refractivity contribution in [1.82, 2.24) is 0 Å². The van der Waals surface area contributed by atoms with Gasteiger partial charge >= 0.3 is 0 Å². The molecule has 3 aliphatic rings. The van der Waals surface area contributed by atoms with Gasteiger partial charge in [-0.3, -0.25) is 0 Å². The van der Waals surface area contributed by atoms with Gasteiger partial charge in [-0.2, -0.15) is 0 Å². The summed E-state index contributed by atoms with van der Waals surface area (Å²) in [6, 6.07) is -1.86. The molecule has 0 spiro atoms. The van der Waals surface area contributed by atoms with Crippen LogP contribution in [-0.4, -0.2) is 129 Å². The van der Waals surface area contributed by atoms with Crippen molar-refractivity contribution < 1.29 is 54.7 Å². The molecule has 182 valence electrons. The van der Waals surface area contributed by atoms with E-state index in [0.29, 0.717) is 6.42 Å². The molecule has 0 radical (unpaired) electrons. The quantitative estimate of drug-likeness (QED) is 0.183. The molecule has 0 aromatic carbocycles. The highest BCUT2D eigenvalue weighted by atomic mass is 16.7. The van der Waals surface area contributed by atoms with Gasteiger partial charge in [0.2, 0.25) is 0 Å². The highest BCUT2D eigenvalue weighted by molar-refractivity contribution is 4.99. The van der Waals surface area contributed by atoms with Crippen LogP contribution in [-0.2, 0) is 18.9 Å². The molecule has 2 heterocycles. The van der Waals surface area contributed by atoms with Crippen molar-refractivity contribution >= 4 is 0 Å². The fourth-order valence-electron chi connectivity index (χ4n) is 4.31. The molecule has 0 aromatic heterocycles. The average Bonchev–Trinajstić information content (AvgIpc) is 3.02. The second-order valence-electron chi connectivity index (χ2n) is 8.56. The van der Waals surface area contributed by atoms with Gasteiger partial charge in [0.1, 0.15) is 48.8 Å². The SMILES string of the molecule is CC1CC(N)[C@@H](O[C@H]2OC(CO)[C@@H](O)C(O)[C@@H]2N)C(O[C@@H]2O[C@H](CO)[C@H](O)C2O)[C@@H]1O. The highest BCUT2D eigenvalue weighted by Gasteiger charge is 2.51. The summed E-state index contributed by atoms with van der Waals surface area (Å²) in [5.41, 5.74) is 12.2. The lowest BCUT2D eigenvalue weighted by atomic mass is 9.80. The van der Waals surface area contributed by atoms with Crippen LogP contribution in [0.3, 0.4) is 0 Å². The van der Waals surface area contributed by atoms with Crippen molar-refractivity contribution in [3.63, 3.8) is 0 Å². The van der Waals surface area contributed by atoms with Gasteiger partial charge in [0, 0.05) is 6.04 Å². The minimum absolute atomic E-state index is 0.310. The lowest BCUT2D eigenvalue weighted by Gasteiger charge is -2.47. The van der Waals surface area contributed by atoms with E-state index in [-0.39, 0.29) is 5.92 Å². The predicted molar refractivity (Wildman–Crippen MR) is 101 cm³/mol. The maximum atomic E-state index is 10.7. The normalized spacial score (nSPS) is 53.6. The molecule has 1 aliphatic carbocycles. The van der Waals surface area contributed by atoms with Gasteiger partial charge < -0.3 is 66.2 Å². The first-order valence-electron chi connectivity index (χ1n) is 10.4. The van der Waals surface area contributed by atoms with E-state index in [2.05, 4.69) is 0 Å². The van der Waals surface area contributed by atoms with Gasteiger partial charge in [-0.25, -0.2) is 0 Å². The Labute approximate surface area is 179 Å². The average molecular weight is 454 g/mol. The van der Waals surface area contributed by atoms with Crippen molar-refractivity contribution in [2.45, 2.75) is 92.9 Å². The summed E-state index contributed by atoms with van der Waals surface area (Å²) < 4.78 is 22.5. The number of nitrogens with two attached hydrogens (primary N) is 2. The third-order valence-corrected chi connectivity index (χ3v) is 6.32. The zero-order valence-corrected chi connectivity index (χ0v) is 17.1. The second-order valence-corrected chi connectivity index (χ2v) is 8.56. The molecule has 13 nitrogen and oxygen atoms in total. The zero-order chi connectivity index (χ0) is 23.0. The van der Waals surface area contributed by atoms with E-state index in [1.165, 1.54) is 0 Å². The molecule has 0 bridgehead atoms. The van der Waals surface area contributed by atoms with Gasteiger partial charge in [-0.1, -0.05) is 6.92 Å². The van der Waals surface area contributed by atoms with E-state index in [4.69, 9.17) is 30.4 Å². The third-order valence-electron chi connectivity index (χ3n) is 6.32. The van der Waals surface area contributed by atoms with Crippen molar-refractivity contribution in [3.05, 3.63) is 0 Å². The monoisotopic (exact) mass is 454 g/mol. The summed E-state index contributed by atoms with van der Waals surface area (Å²) in [5, 5.41) is 69.7. The molecule has 2 saturated heterocycles. The second kappa shape index (κ2) is 10.2. The number of ether oxygens (including phenoxy) is 4. The topological polar surface area (TPSA) is 231 Å². The van der Waals surface area contributed by atoms with E-state index in [9.17, 15) is 35.7 Å². The molecule has 11 N–H and O–H groups in total. The van der Waals surface area contributed by atoms with E-state index < -0.39 is 92.8 Å². The van der Waals surface area contributed by atoms with Crippen LogP contribution in [0.4, 0.5) is 0 Å². The molecular formula is C18H34N2O11. The largest absolute Gasteiger partial charge is 0.394 e. The smallest absolute Gasteiger partial charge is 0.187 e. The molecule has 14 atom stereocenters. The van der Waals surface area contributed by atoms with Gasteiger partial charge in [0.25, 0.3) is 0 Å². The van der Waals surface area contributed by atoms with Crippen LogP contribution >= 0.6 is 0 Å². The van der Waals surface area contributed by atoms with Crippen molar-refractivity contribution in [2.75, 3.05) is 13.2 Å². The standard InChI is InChI=1S/C18H34N2O11/c1-5-2-6(19)15(30-17-9(20)13(26)11(24)7(3-21)28-17)16(10(5)23)31-18-14(27)12(25)8(4-22)29-18/h5-18,21-27H,2-4,19-20H2,1H3/t5?,6?,7?,8-,9+,10-,11-,12+,13?,14?,15-,16?,17-,18+/m1/s1. The number of aliphatic hydroxyl groups excluding tert-OH is 7. The molecule has 6 unspecified atom stereocenters. The highest BCUT2D eigenvalue weighted by Crippen LogP contribution is 2.34. The lowest BCUT2D eigenvalue weighted by Crippen LogP contribution is -2.66. The molecule has 3 fully saturated rings. The van der Waals surface area contributed by atoms with Crippen LogP contribution < -0.4 is 11.5 Å². The van der Waals surface area contributed by atoms with Crippen LogP contribution in [0.1, 0.15) is 13.3 Å². The van der Waals surface area contributed by atoms with E-state index in [1.807, 2.05) is 0 Å². The van der Waals surface area contributed by atoms with Crippen LogP contribution in [0.5, 0.6) is 0 Å². The fraction of sp³-hybridized carbons (Fsp3) is 1.00. The van der Waals surface area contributed by atoms with E-state index in [1.54, 1.807) is 6.92 Å². The Bertz CT molecular complexity index is 587. The number of hydrogen-bond acceptors (Lipinski definition) is 13. The summed E-state index contributed by atoms with van der Waals surface area (Å²) in [6.07, 6.45) is -13.5. The van der Waals surface area contributed by atoms with Crippen LogP contribution in [0.2, 0.25) is 0 Å². The molecule has 2 aliphatic heterocycles. The Kier molecular flexibility index (Phi) is 8.24. The first-order valence-corrected chi connectivity index (χ1v) is 10.4. The van der Waals surface area contributed by atoms with E-state index >= 15 is 0 Å². The first kappa shape index (κ1) is 25.1. The first-order chi connectivity index (χ1) is 14.6. The Morgan fingerprint density at radius 1 is 0.742 bits per heavy atom. The summed E-state index contributed by atoms with van der Waals surface area (Å²) in [5.74, 6) is -0.310. The third kappa shape index (κ3) is 4.89.